The molecule has 2 aromatic heterocycles. The number of hydrogen-bond acceptors (Lipinski definition) is 7. The van der Waals surface area contributed by atoms with Gasteiger partial charge in [0.1, 0.15) is 12.1 Å². The highest BCUT2D eigenvalue weighted by Crippen LogP contribution is 2.22. The lowest BCUT2D eigenvalue weighted by atomic mass is 10.2. The van der Waals surface area contributed by atoms with E-state index in [4.69, 9.17) is 9.26 Å². The van der Waals surface area contributed by atoms with Crippen LogP contribution in [0.1, 0.15) is 24.4 Å². The smallest absolute Gasteiger partial charge is 0.244 e. The third kappa shape index (κ3) is 3.37. The molecule has 1 atom stereocenters. The van der Waals surface area contributed by atoms with Gasteiger partial charge in [-0.25, -0.2) is 4.98 Å². The largest absolute Gasteiger partial charge is 0.497 e. The number of rotatable bonds is 6. The molecule has 23 heavy (non-hydrogen) atoms. The van der Waals surface area contributed by atoms with Crippen LogP contribution in [0, 0.1) is 0 Å². The van der Waals surface area contributed by atoms with Gasteiger partial charge in [-0.15, -0.1) is 0 Å². The molecule has 0 radical (unpaired) electrons. The highest BCUT2D eigenvalue weighted by molar-refractivity contribution is 5.39. The minimum Gasteiger partial charge on any atom is -0.497 e. The van der Waals surface area contributed by atoms with Gasteiger partial charge in [0.2, 0.25) is 11.7 Å². The second-order valence-corrected chi connectivity index (χ2v) is 5.23. The third-order valence-electron chi connectivity index (χ3n) is 3.68. The second kappa shape index (κ2) is 6.57. The van der Waals surface area contributed by atoms with E-state index in [-0.39, 0.29) is 6.04 Å². The van der Waals surface area contributed by atoms with Gasteiger partial charge in [-0.3, -0.25) is 10.00 Å². The molecule has 0 aliphatic rings. The number of nitrogens with zero attached hydrogens (tertiary/aromatic N) is 5. The maximum absolute atomic E-state index is 5.34. The van der Waals surface area contributed by atoms with Gasteiger partial charge in [-0.2, -0.15) is 10.1 Å². The second-order valence-electron chi connectivity index (χ2n) is 5.23. The van der Waals surface area contributed by atoms with Crippen LogP contribution in [0.2, 0.25) is 0 Å². The van der Waals surface area contributed by atoms with Crippen molar-refractivity contribution in [2.24, 2.45) is 0 Å². The number of nitrogens with one attached hydrogen (secondary N) is 1. The summed E-state index contributed by atoms with van der Waals surface area (Å²) >= 11 is 0. The molecule has 3 aromatic rings. The summed E-state index contributed by atoms with van der Waals surface area (Å²) in [5, 5.41) is 10.4. The van der Waals surface area contributed by atoms with E-state index in [1.807, 2.05) is 38.2 Å². The number of methoxy groups -OCH3 is 1. The molecular weight excluding hydrogens is 296 g/mol. The Hall–Kier alpha value is -2.74. The number of aromatic amines is 1. The Bertz CT molecular complexity index is 738. The molecule has 0 amide bonds. The van der Waals surface area contributed by atoms with Gasteiger partial charge >= 0.3 is 0 Å². The quantitative estimate of drug-likeness (QED) is 0.744. The Labute approximate surface area is 133 Å². The van der Waals surface area contributed by atoms with Crippen molar-refractivity contribution in [3.8, 4) is 17.4 Å². The number of hydrogen-bond donors (Lipinski definition) is 1. The molecule has 8 heteroatoms. The van der Waals surface area contributed by atoms with Crippen molar-refractivity contribution in [2.75, 3.05) is 14.2 Å². The zero-order valence-electron chi connectivity index (χ0n) is 13.2. The van der Waals surface area contributed by atoms with Crippen LogP contribution in [0.4, 0.5) is 0 Å². The number of benzene rings is 1. The molecule has 1 unspecified atom stereocenters. The predicted octanol–water partition coefficient (Wildman–Crippen LogP) is 2.06. The summed E-state index contributed by atoms with van der Waals surface area (Å²) in [6.07, 6.45) is 1.41. The van der Waals surface area contributed by atoms with E-state index in [2.05, 4.69) is 30.2 Å². The minimum atomic E-state index is -0.0266. The molecule has 0 aliphatic heterocycles. The van der Waals surface area contributed by atoms with Crippen molar-refractivity contribution in [2.45, 2.75) is 19.5 Å². The van der Waals surface area contributed by atoms with Gasteiger partial charge in [0.05, 0.1) is 13.2 Å². The van der Waals surface area contributed by atoms with Crippen LogP contribution in [0.5, 0.6) is 5.75 Å². The molecule has 0 bridgehead atoms. The fraction of sp³-hybridized carbons (Fsp3) is 0.333. The summed E-state index contributed by atoms with van der Waals surface area (Å²) in [7, 11) is 3.66. The third-order valence-corrected chi connectivity index (χ3v) is 3.68. The number of H-pyrrole nitrogens is 1. The van der Waals surface area contributed by atoms with Crippen LogP contribution in [0.3, 0.4) is 0 Å². The van der Waals surface area contributed by atoms with Crippen molar-refractivity contribution >= 4 is 0 Å². The molecular formula is C15H18N6O2. The Balaban J connectivity index is 1.68. The maximum atomic E-state index is 5.34. The van der Waals surface area contributed by atoms with Crippen LogP contribution >= 0.6 is 0 Å². The van der Waals surface area contributed by atoms with Crippen molar-refractivity contribution in [1.82, 2.24) is 30.2 Å². The molecule has 2 heterocycles. The Morgan fingerprint density at radius 1 is 1.30 bits per heavy atom. The van der Waals surface area contributed by atoms with Gasteiger partial charge in [0, 0.05) is 6.54 Å². The van der Waals surface area contributed by atoms with E-state index < -0.39 is 0 Å². The minimum absolute atomic E-state index is 0.0266. The van der Waals surface area contributed by atoms with Crippen LogP contribution in [-0.4, -0.2) is 44.4 Å². The Kier molecular flexibility index (Phi) is 4.33. The van der Waals surface area contributed by atoms with E-state index in [0.717, 1.165) is 12.3 Å². The summed E-state index contributed by atoms with van der Waals surface area (Å²) < 4.78 is 10.5. The predicted molar refractivity (Wildman–Crippen MR) is 82.6 cm³/mol. The van der Waals surface area contributed by atoms with E-state index >= 15 is 0 Å². The normalized spacial score (nSPS) is 12.5. The molecule has 1 N–H and O–H groups in total. The Morgan fingerprint density at radius 3 is 2.74 bits per heavy atom. The zero-order valence-corrected chi connectivity index (χ0v) is 13.2. The molecule has 0 saturated carbocycles. The van der Waals surface area contributed by atoms with Gasteiger partial charge < -0.3 is 9.26 Å². The molecule has 0 fully saturated rings. The number of ether oxygens (including phenoxy) is 1. The molecule has 3 rings (SSSR count). The van der Waals surface area contributed by atoms with Crippen molar-refractivity contribution < 1.29 is 9.26 Å². The van der Waals surface area contributed by atoms with E-state index in [9.17, 15) is 0 Å². The summed E-state index contributed by atoms with van der Waals surface area (Å²) in [5.74, 6) is 2.28. The summed E-state index contributed by atoms with van der Waals surface area (Å²) in [4.78, 5) is 10.5. The fourth-order valence-corrected chi connectivity index (χ4v) is 2.16. The summed E-state index contributed by atoms with van der Waals surface area (Å²) in [6, 6.07) is 7.94. The first-order valence-electron chi connectivity index (χ1n) is 7.20. The lowest BCUT2D eigenvalue weighted by Crippen LogP contribution is -2.22. The average Bonchev–Trinajstić information content (AvgIpc) is 3.26. The van der Waals surface area contributed by atoms with Gasteiger partial charge in [0.15, 0.2) is 5.82 Å². The lowest BCUT2D eigenvalue weighted by molar-refractivity contribution is 0.202. The van der Waals surface area contributed by atoms with Gasteiger partial charge in [-0.1, -0.05) is 17.3 Å². The molecule has 120 valence electrons. The first kappa shape index (κ1) is 15.2. The summed E-state index contributed by atoms with van der Waals surface area (Å²) in [6.45, 7) is 2.77. The van der Waals surface area contributed by atoms with Crippen LogP contribution in [-0.2, 0) is 6.54 Å². The highest BCUT2D eigenvalue weighted by atomic mass is 16.5. The van der Waals surface area contributed by atoms with Gasteiger partial charge in [-0.05, 0) is 31.7 Å². The zero-order chi connectivity index (χ0) is 16.2. The summed E-state index contributed by atoms with van der Waals surface area (Å²) in [5.41, 5.74) is 1.18. The first-order chi connectivity index (χ1) is 11.2. The van der Waals surface area contributed by atoms with Crippen molar-refractivity contribution in [1.29, 1.82) is 0 Å². The average molecular weight is 314 g/mol. The molecule has 1 aromatic carbocycles. The van der Waals surface area contributed by atoms with Crippen LogP contribution in [0.25, 0.3) is 11.6 Å². The molecule has 0 spiro atoms. The van der Waals surface area contributed by atoms with Crippen molar-refractivity contribution in [3.63, 3.8) is 0 Å². The lowest BCUT2D eigenvalue weighted by Gasteiger charge is -2.21. The van der Waals surface area contributed by atoms with E-state index in [0.29, 0.717) is 17.5 Å². The van der Waals surface area contributed by atoms with E-state index in [1.165, 1.54) is 11.9 Å². The topological polar surface area (TPSA) is 93.0 Å². The first-order valence-corrected chi connectivity index (χ1v) is 7.20. The maximum Gasteiger partial charge on any atom is 0.244 e. The fourth-order valence-electron chi connectivity index (χ4n) is 2.16. The molecule has 0 aliphatic carbocycles. The monoisotopic (exact) mass is 314 g/mol. The van der Waals surface area contributed by atoms with E-state index in [1.54, 1.807) is 7.11 Å². The molecule has 0 saturated heterocycles. The van der Waals surface area contributed by atoms with Crippen LogP contribution < -0.4 is 4.74 Å². The van der Waals surface area contributed by atoms with Crippen molar-refractivity contribution in [3.05, 3.63) is 42.0 Å². The standard InChI is InChI=1S/C15H18N6O2/c1-10(15-18-14(20-23-15)13-16-9-17-19-13)21(2)8-11-4-6-12(22-3)7-5-11/h4-7,9-10H,8H2,1-3H3,(H,16,17,19). The number of aromatic nitrogens is 5. The van der Waals surface area contributed by atoms with Crippen LogP contribution in [0.15, 0.2) is 35.1 Å². The Morgan fingerprint density at radius 2 is 2.09 bits per heavy atom. The van der Waals surface area contributed by atoms with Gasteiger partial charge in [0.25, 0.3) is 0 Å². The molecule has 8 nitrogen and oxygen atoms in total. The highest BCUT2D eigenvalue weighted by Gasteiger charge is 2.20. The SMILES string of the molecule is COc1ccc(CN(C)C(C)c2nc(-c3ncn[nH]3)no2)cc1.